The molecule has 1 aliphatic heterocycles. The van der Waals surface area contributed by atoms with Crippen LogP contribution in [-0.2, 0) is 56.6 Å². The molecule has 0 spiro atoms. The molecule has 12 nitrogen and oxygen atoms in total. The minimum absolute atomic E-state index is 0.0259. The van der Waals surface area contributed by atoms with E-state index in [0.717, 1.165) is 5.56 Å². The van der Waals surface area contributed by atoms with Gasteiger partial charge in [0.1, 0.15) is 24.4 Å². The van der Waals surface area contributed by atoms with E-state index in [1.54, 1.807) is 60.7 Å². The highest BCUT2D eigenvalue weighted by molar-refractivity contribution is 7.81. The smallest absolute Gasteiger partial charge is 0.368 e. The molecule has 5 atom stereocenters. The van der Waals surface area contributed by atoms with E-state index in [0.29, 0.717) is 5.56 Å². The van der Waals surface area contributed by atoms with Crippen LogP contribution >= 0.6 is 0 Å². The van der Waals surface area contributed by atoms with Crippen LogP contribution in [0, 0.1) is 0 Å². The van der Waals surface area contributed by atoms with Gasteiger partial charge in [-0.3, -0.25) is 9.11 Å². The molecule has 3 rings (SSSR count). The highest BCUT2D eigenvalue weighted by Gasteiger charge is 2.50. The summed E-state index contributed by atoms with van der Waals surface area (Å²) in [6, 6.07) is 17.6. The van der Waals surface area contributed by atoms with Crippen molar-refractivity contribution in [2.75, 3.05) is 6.61 Å². The molecular weight excluding hydrogens is 496 g/mol. The lowest BCUT2D eigenvalue weighted by Crippen LogP contribution is -2.61. The summed E-state index contributed by atoms with van der Waals surface area (Å²) in [5.41, 5.74) is 1.40. The van der Waals surface area contributed by atoms with Crippen LogP contribution in [0.3, 0.4) is 0 Å². The van der Waals surface area contributed by atoms with Crippen LogP contribution in [0.1, 0.15) is 11.1 Å². The highest BCUT2D eigenvalue weighted by Crippen LogP contribution is 2.30. The molecule has 0 aliphatic carbocycles. The molecular formula is C20H24O12S2. The fourth-order valence-electron chi connectivity index (χ4n) is 3.34. The van der Waals surface area contributed by atoms with E-state index in [1.807, 2.05) is 0 Å². The van der Waals surface area contributed by atoms with E-state index in [2.05, 4.69) is 4.18 Å². The predicted octanol–water partition coefficient (Wildman–Crippen LogP) is 0.882. The lowest BCUT2D eigenvalue weighted by Gasteiger charge is -2.43. The first-order valence-corrected chi connectivity index (χ1v) is 12.7. The maximum atomic E-state index is 11.5. The number of rotatable bonds is 11. The van der Waals surface area contributed by atoms with Gasteiger partial charge in [0, 0.05) is 0 Å². The lowest BCUT2D eigenvalue weighted by molar-refractivity contribution is -0.302. The lowest BCUT2D eigenvalue weighted by atomic mass is 9.98. The van der Waals surface area contributed by atoms with E-state index in [9.17, 15) is 26.5 Å². The summed E-state index contributed by atoms with van der Waals surface area (Å²) in [6.07, 6.45) is -7.76. The second kappa shape index (κ2) is 11.6. The van der Waals surface area contributed by atoms with Gasteiger partial charge in [-0.1, -0.05) is 60.7 Å². The molecule has 0 saturated carbocycles. The molecule has 1 heterocycles. The molecule has 0 amide bonds. The Kier molecular flexibility index (Phi) is 9.11. The van der Waals surface area contributed by atoms with E-state index in [1.165, 1.54) is 0 Å². The topological polar surface area (TPSA) is 175 Å². The molecule has 2 aromatic carbocycles. The molecule has 3 N–H and O–H groups in total. The third kappa shape index (κ3) is 8.35. The first-order chi connectivity index (χ1) is 16.0. The van der Waals surface area contributed by atoms with Gasteiger partial charge < -0.3 is 19.3 Å². The number of benzene rings is 2. The second-order valence-corrected chi connectivity index (χ2v) is 9.43. The van der Waals surface area contributed by atoms with Crippen molar-refractivity contribution in [1.29, 1.82) is 0 Å². The van der Waals surface area contributed by atoms with Crippen molar-refractivity contribution in [1.82, 2.24) is 0 Å². The second-order valence-electron chi connectivity index (χ2n) is 7.29. The molecule has 0 bridgehead atoms. The van der Waals surface area contributed by atoms with Crippen molar-refractivity contribution in [3.63, 3.8) is 0 Å². The zero-order chi connectivity index (χ0) is 24.8. The first-order valence-electron chi connectivity index (χ1n) is 9.94. The Hall–Kier alpha value is -1.98. The Morgan fingerprint density at radius 2 is 1.24 bits per heavy atom. The fraction of sp³-hybridized carbons (Fsp3) is 0.400. The summed E-state index contributed by atoms with van der Waals surface area (Å²) in [4.78, 5) is 0. The standard InChI is InChI=1S/C20H24O12S2/c21-20-19(29-12-15-9-5-2-6-10-15)18(28-11-14-7-3-1-4-8-14)17(32-34(25,26)27)16(31-20)13-30-33(22,23)24/h1-10,16-21H,11-13H2,(H,22,23,24)(H,25,26,27)/t16-,17-,18+,19-,20-/m1/s1. The normalized spacial score (nSPS) is 25.8. The number of aliphatic hydroxyl groups excluding tert-OH is 1. The maximum Gasteiger partial charge on any atom is 0.397 e. The molecule has 0 unspecified atom stereocenters. The molecule has 1 aliphatic rings. The van der Waals surface area contributed by atoms with Gasteiger partial charge in [-0.05, 0) is 11.1 Å². The van der Waals surface area contributed by atoms with Crippen LogP contribution in [0.5, 0.6) is 0 Å². The third-order valence-corrected chi connectivity index (χ3v) is 5.69. The summed E-state index contributed by atoms with van der Waals surface area (Å²) >= 11 is 0. The third-order valence-electron chi connectivity index (χ3n) is 4.79. The van der Waals surface area contributed by atoms with Crippen LogP contribution in [0.25, 0.3) is 0 Å². The number of aliphatic hydroxyl groups is 1. The largest absolute Gasteiger partial charge is 0.397 e. The summed E-state index contributed by atoms with van der Waals surface area (Å²) in [5, 5.41) is 10.6. The summed E-state index contributed by atoms with van der Waals surface area (Å²) < 4.78 is 89.2. The highest BCUT2D eigenvalue weighted by atomic mass is 32.3. The van der Waals surface area contributed by atoms with Crippen molar-refractivity contribution in [3.8, 4) is 0 Å². The van der Waals surface area contributed by atoms with Gasteiger partial charge in [0.05, 0.1) is 19.8 Å². The van der Waals surface area contributed by atoms with E-state index >= 15 is 0 Å². The molecule has 14 heteroatoms. The molecule has 34 heavy (non-hydrogen) atoms. The zero-order valence-corrected chi connectivity index (χ0v) is 19.2. The van der Waals surface area contributed by atoms with Crippen LogP contribution < -0.4 is 0 Å². The van der Waals surface area contributed by atoms with Crippen molar-refractivity contribution >= 4 is 20.8 Å². The number of ether oxygens (including phenoxy) is 3. The van der Waals surface area contributed by atoms with Gasteiger partial charge >= 0.3 is 20.8 Å². The van der Waals surface area contributed by atoms with Crippen LogP contribution in [-0.4, -0.2) is 68.4 Å². The van der Waals surface area contributed by atoms with Gasteiger partial charge in [0.25, 0.3) is 0 Å². The van der Waals surface area contributed by atoms with Crippen molar-refractivity contribution < 1.29 is 53.6 Å². The summed E-state index contributed by atoms with van der Waals surface area (Å²) in [7, 11) is -10.0. The van der Waals surface area contributed by atoms with Crippen molar-refractivity contribution in [2.24, 2.45) is 0 Å². The minimum atomic E-state index is -5.10. The van der Waals surface area contributed by atoms with Gasteiger partial charge in [-0.2, -0.15) is 16.8 Å². The Bertz CT molecular complexity index is 1110. The minimum Gasteiger partial charge on any atom is -0.368 e. The first kappa shape index (κ1) is 26.6. The molecule has 0 aromatic heterocycles. The Balaban J connectivity index is 1.88. The van der Waals surface area contributed by atoms with Gasteiger partial charge in [0.15, 0.2) is 6.29 Å². The zero-order valence-electron chi connectivity index (χ0n) is 17.6. The molecule has 0 radical (unpaired) electrons. The van der Waals surface area contributed by atoms with Crippen LogP contribution in [0.2, 0.25) is 0 Å². The fourth-order valence-corrected chi connectivity index (χ4v) is 4.16. The molecule has 188 valence electrons. The van der Waals surface area contributed by atoms with Gasteiger partial charge in [-0.25, -0.2) is 8.37 Å². The summed E-state index contributed by atoms with van der Waals surface area (Å²) in [6.45, 7) is -1.06. The Labute approximate surface area is 196 Å². The summed E-state index contributed by atoms with van der Waals surface area (Å²) in [5.74, 6) is 0. The van der Waals surface area contributed by atoms with E-state index < -0.39 is 58.1 Å². The van der Waals surface area contributed by atoms with Gasteiger partial charge in [0.2, 0.25) is 0 Å². The SMILES string of the molecule is O=S(=O)(O)OC[C@H]1O[C@@H](O)[C@H](OCc2ccccc2)[C@@H](OCc2ccccc2)[C@@H]1OS(=O)(=O)O. The average molecular weight is 521 g/mol. The van der Waals surface area contributed by atoms with E-state index in [4.69, 9.17) is 22.9 Å². The number of hydrogen-bond acceptors (Lipinski definition) is 10. The molecule has 1 saturated heterocycles. The van der Waals surface area contributed by atoms with E-state index in [-0.39, 0.29) is 13.2 Å². The quantitative estimate of drug-likeness (QED) is 0.357. The van der Waals surface area contributed by atoms with Crippen molar-refractivity contribution in [3.05, 3.63) is 71.8 Å². The molecule has 2 aromatic rings. The Morgan fingerprint density at radius 1 is 0.735 bits per heavy atom. The molecule has 1 fully saturated rings. The number of hydrogen-bond donors (Lipinski definition) is 3. The predicted molar refractivity (Wildman–Crippen MR) is 115 cm³/mol. The average Bonchev–Trinajstić information content (AvgIpc) is 2.77. The Morgan fingerprint density at radius 3 is 1.71 bits per heavy atom. The monoisotopic (exact) mass is 520 g/mol. The van der Waals surface area contributed by atoms with Crippen LogP contribution in [0.4, 0.5) is 0 Å². The van der Waals surface area contributed by atoms with Crippen molar-refractivity contribution in [2.45, 2.75) is 43.9 Å². The maximum absolute atomic E-state index is 11.5. The van der Waals surface area contributed by atoms with Gasteiger partial charge in [-0.15, -0.1) is 0 Å². The van der Waals surface area contributed by atoms with Crippen LogP contribution in [0.15, 0.2) is 60.7 Å².